The molecule has 2 aromatic rings. The van der Waals surface area contributed by atoms with E-state index >= 15 is 0 Å². The van der Waals surface area contributed by atoms with Crippen LogP contribution in [0.1, 0.15) is 0 Å². The van der Waals surface area contributed by atoms with Gasteiger partial charge in [-0.15, -0.1) is 0 Å². The molecule has 2 N–H and O–H groups in total. The molecule has 0 unspecified atom stereocenters. The Labute approximate surface area is 91.5 Å². The zero-order chi connectivity index (χ0) is 10.8. The molecule has 0 spiro atoms. The highest BCUT2D eigenvalue weighted by molar-refractivity contribution is 6.33. The first-order valence-corrected chi connectivity index (χ1v) is 4.71. The number of hydrogen-bond acceptors (Lipinski definition) is 2. The molecule has 0 saturated heterocycles. The quantitative estimate of drug-likeness (QED) is 0.805. The normalized spacial score (nSPS) is 10.3. The minimum Gasteiger partial charge on any atom is -0.398 e. The lowest BCUT2D eigenvalue weighted by Crippen LogP contribution is -1.91. The van der Waals surface area contributed by atoms with E-state index in [1.807, 2.05) is 0 Å². The summed E-state index contributed by atoms with van der Waals surface area (Å²) in [6.07, 6.45) is 3.14. The Hall–Kier alpha value is -1.61. The molecule has 0 bridgehead atoms. The molecular formula is C11H8ClFN2. The number of aromatic nitrogens is 1. The minimum atomic E-state index is -0.349. The highest BCUT2D eigenvalue weighted by Crippen LogP contribution is 2.31. The van der Waals surface area contributed by atoms with Crippen LogP contribution in [0.2, 0.25) is 5.02 Å². The van der Waals surface area contributed by atoms with Crippen LogP contribution in [0.25, 0.3) is 11.1 Å². The number of nitrogens with two attached hydrogens (primary N) is 1. The molecule has 0 aliphatic carbocycles. The lowest BCUT2D eigenvalue weighted by Gasteiger charge is -2.06. The molecule has 0 aliphatic heterocycles. The van der Waals surface area contributed by atoms with Crippen molar-refractivity contribution in [2.45, 2.75) is 0 Å². The lowest BCUT2D eigenvalue weighted by atomic mass is 10.1. The summed E-state index contributed by atoms with van der Waals surface area (Å²) < 4.78 is 13.0. The number of anilines is 1. The summed E-state index contributed by atoms with van der Waals surface area (Å²) in [4.78, 5) is 3.93. The van der Waals surface area contributed by atoms with Crippen LogP contribution in [0.5, 0.6) is 0 Å². The van der Waals surface area contributed by atoms with Crippen molar-refractivity contribution < 1.29 is 4.39 Å². The van der Waals surface area contributed by atoms with Crippen molar-refractivity contribution in [2.24, 2.45) is 0 Å². The largest absolute Gasteiger partial charge is 0.398 e. The Morgan fingerprint density at radius 2 is 2.00 bits per heavy atom. The summed E-state index contributed by atoms with van der Waals surface area (Å²) in [5, 5.41) is 0.455. The van der Waals surface area contributed by atoms with E-state index in [0.717, 1.165) is 0 Å². The molecule has 0 radical (unpaired) electrons. The second-order valence-electron chi connectivity index (χ2n) is 3.09. The van der Waals surface area contributed by atoms with Gasteiger partial charge < -0.3 is 5.73 Å². The van der Waals surface area contributed by atoms with Gasteiger partial charge in [0.25, 0.3) is 0 Å². The summed E-state index contributed by atoms with van der Waals surface area (Å²) in [5.74, 6) is -0.349. The molecule has 2 nitrogen and oxygen atoms in total. The summed E-state index contributed by atoms with van der Waals surface area (Å²) in [6, 6.07) is 5.79. The molecule has 2 rings (SSSR count). The number of nitrogen functional groups attached to an aromatic ring is 1. The van der Waals surface area contributed by atoms with Gasteiger partial charge in [0.1, 0.15) is 5.82 Å². The van der Waals surface area contributed by atoms with Crippen molar-refractivity contribution in [1.29, 1.82) is 0 Å². The monoisotopic (exact) mass is 222 g/mol. The van der Waals surface area contributed by atoms with Gasteiger partial charge in [-0.1, -0.05) is 11.6 Å². The van der Waals surface area contributed by atoms with Crippen molar-refractivity contribution in [2.75, 3.05) is 5.73 Å². The van der Waals surface area contributed by atoms with E-state index in [0.29, 0.717) is 21.8 Å². The van der Waals surface area contributed by atoms with E-state index in [4.69, 9.17) is 17.3 Å². The SMILES string of the molecule is Nc1ccncc1-c1cc(F)ccc1Cl. The van der Waals surface area contributed by atoms with Crippen LogP contribution in [0.15, 0.2) is 36.7 Å². The number of hydrogen-bond donors (Lipinski definition) is 1. The average Bonchev–Trinajstić information content (AvgIpc) is 2.23. The molecule has 15 heavy (non-hydrogen) atoms. The maximum Gasteiger partial charge on any atom is 0.123 e. The fourth-order valence-electron chi connectivity index (χ4n) is 1.33. The molecule has 0 amide bonds. The van der Waals surface area contributed by atoms with E-state index in [-0.39, 0.29) is 5.82 Å². The Morgan fingerprint density at radius 1 is 1.20 bits per heavy atom. The number of nitrogens with zero attached hydrogens (tertiary/aromatic N) is 1. The molecule has 1 aromatic heterocycles. The summed E-state index contributed by atoms with van der Waals surface area (Å²) in [6.45, 7) is 0. The first-order valence-electron chi connectivity index (χ1n) is 4.33. The van der Waals surface area contributed by atoms with E-state index in [9.17, 15) is 4.39 Å². The maximum atomic E-state index is 13.0. The first-order chi connectivity index (χ1) is 7.18. The van der Waals surface area contributed by atoms with Gasteiger partial charge in [-0.2, -0.15) is 0 Å². The zero-order valence-corrected chi connectivity index (χ0v) is 8.50. The Balaban J connectivity index is 2.64. The van der Waals surface area contributed by atoms with E-state index in [1.165, 1.54) is 18.2 Å². The second kappa shape index (κ2) is 3.87. The highest BCUT2D eigenvalue weighted by atomic mass is 35.5. The van der Waals surface area contributed by atoms with E-state index in [2.05, 4.69) is 4.98 Å². The molecule has 4 heteroatoms. The third kappa shape index (κ3) is 1.92. The lowest BCUT2D eigenvalue weighted by molar-refractivity contribution is 0.628. The van der Waals surface area contributed by atoms with Crippen molar-refractivity contribution in [3.05, 3.63) is 47.5 Å². The van der Waals surface area contributed by atoms with Crippen molar-refractivity contribution in [1.82, 2.24) is 4.98 Å². The van der Waals surface area contributed by atoms with Gasteiger partial charge in [-0.3, -0.25) is 4.98 Å². The van der Waals surface area contributed by atoms with Gasteiger partial charge in [0.05, 0.1) is 0 Å². The highest BCUT2D eigenvalue weighted by Gasteiger charge is 2.07. The van der Waals surface area contributed by atoms with Crippen molar-refractivity contribution >= 4 is 17.3 Å². The summed E-state index contributed by atoms with van der Waals surface area (Å²) in [7, 11) is 0. The van der Waals surface area contributed by atoms with Crippen molar-refractivity contribution in [3.8, 4) is 11.1 Å². The van der Waals surface area contributed by atoms with E-state index < -0.39 is 0 Å². The molecule has 0 atom stereocenters. The van der Waals surface area contributed by atoms with Gasteiger partial charge in [-0.05, 0) is 24.3 Å². The topological polar surface area (TPSA) is 38.9 Å². The van der Waals surface area contributed by atoms with Gasteiger partial charge >= 0.3 is 0 Å². The predicted molar refractivity (Wildman–Crippen MR) is 59.1 cm³/mol. The van der Waals surface area contributed by atoms with Gasteiger partial charge in [-0.25, -0.2) is 4.39 Å². The van der Waals surface area contributed by atoms with Crippen LogP contribution in [0, 0.1) is 5.82 Å². The maximum absolute atomic E-state index is 13.0. The number of pyridine rings is 1. The van der Waals surface area contributed by atoms with E-state index in [1.54, 1.807) is 18.5 Å². The smallest absolute Gasteiger partial charge is 0.123 e. The molecule has 1 aromatic carbocycles. The van der Waals surface area contributed by atoms with Gasteiger partial charge in [0.15, 0.2) is 0 Å². The second-order valence-corrected chi connectivity index (χ2v) is 3.49. The molecule has 0 saturated carbocycles. The van der Waals surface area contributed by atoms with Gasteiger partial charge in [0, 0.05) is 34.2 Å². The number of benzene rings is 1. The number of halogens is 2. The Bertz CT molecular complexity index is 500. The fraction of sp³-hybridized carbons (Fsp3) is 0. The van der Waals surface area contributed by atoms with Crippen LogP contribution in [-0.2, 0) is 0 Å². The van der Waals surface area contributed by atoms with Crippen LogP contribution in [-0.4, -0.2) is 4.98 Å². The number of rotatable bonds is 1. The third-order valence-electron chi connectivity index (χ3n) is 2.07. The Kier molecular flexibility index (Phi) is 2.56. The summed E-state index contributed by atoms with van der Waals surface area (Å²) in [5.41, 5.74) is 7.47. The van der Waals surface area contributed by atoms with Crippen LogP contribution >= 0.6 is 11.6 Å². The predicted octanol–water partition coefficient (Wildman–Crippen LogP) is 3.12. The average molecular weight is 223 g/mol. The van der Waals surface area contributed by atoms with Crippen LogP contribution < -0.4 is 5.73 Å². The molecule has 0 aliphatic rings. The standard InChI is InChI=1S/C11H8ClFN2/c12-10-2-1-7(13)5-8(10)9-6-15-4-3-11(9)14/h1-6H,(H2,14,15). The fourth-order valence-corrected chi connectivity index (χ4v) is 1.55. The van der Waals surface area contributed by atoms with Crippen molar-refractivity contribution in [3.63, 3.8) is 0 Å². The zero-order valence-electron chi connectivity index (χ0n) is 7.74. The van der Waals surface area contributed by atoms with Gasteiger partial charge in [0.2, 0.25) is 0 Å². The van der Waals surface area contributed by atoms with Crippen LogP contribution in [0.4, 0.5) is 10.1 Å². The Morgan fingerprint density at radius 3 is 2.73 bits per heavy atom. The molecular weight excluding hydrogens is 215 g/mol. The third-order valence-corrected chi connectivity index (χ3v) is 2.40. The molecule has 1 heterocycles. The van der Waals surface area contributed by atoms with Crippen LogP contribution in [0.3, 0.4) is 0 Å². The molecule has 0 fully saturated rings. The molecule has 76 valence electrons. The summed E-state index contributed by atoms with van der Waals surface area (Å²) >= 11 is 5.95. The first kappa shape index (κ1) is 9.93. The minimum absolute atomic E-state index is 0.349.